The van der Waals surface area contributed by atoms with Gasteiger partial charge in [-0.15, -0.1) is 0 Å². The largest absolute Gasteiger partial charge is 0.162 e. The topological polar surface area (TPSA) is 0 Å². The predicted octanol–water partition coefficient (Wildman–Crippen LogP) is 3.81. The van der Waals surface area contributed by atoms with E-state index in [-0.39, 0.29) is 0 Å². The Morgan fingerprint density at radius 1 is 1.20 bits per heavy atom. The van der Waals surface area contributed by atoms with Gasteiger partial charge in [-0.1, -0.05) is 41.0 Å². The Kier molecular flexibility index (Phi) is 12.1. The van der Waals surface area contributed by atoms with Gasteiger partial charge in [0.15, 0.2) is 0 Å². The van der Waals surface area contributed by atoms with Crippen molar-refractivity contribution in [3.05, 3.63) is 0 Å². The van der Waals surface area contributed by atoms with Gasteiger partial charge in [0, 0.05) is 5.25 Å². The highest BCUT2D eigenvalue weighted by atomic mass is 32.2. The van der Waals surface area contributed by atoms with E-state index < -0.39 is 0 Å². The summed E-state index contributed by atoms with van der Waals surface area (Å²) in [5, 5.41) is 0.833. The highest BCUT2D eigenvalue weighted by Crippen LogP contribution is 2.17. The fourth-order valence-electron chi connectivity index (χ4n) is 0.564. The Balaban J connectivity index is 0. The molecule has 0 nitrogen and oxygen atoms in total. The molecule has 0 bridgehead atoms. The van der Waals surface area contributed by atoms with Crippen LogP contribution in [0.1, 0.15) is 41.0 Å². The van der Waals surface area contributed by atoms with Crippen LogP contribution in [0.25, 0.3) is 0 Å². The van der Waals surface area contributed by atoms with Crippen molar-refractivity contribution >= 4 is 11.8 Å². The molecular weight excluding hydrogens is 140 g/mol. The molecule has 0 aromatic heterocycles. The second-order valence-corrected chi connectivity index (χ2v) is 3.54. The van der Waals surface area contributed by atoms with Gasteiger partial charge >= 0.3 is 0 Å². The molecule has 10 heavy (non-hydrogen) atoms. The standard InChI is InChI=1S/C7H16S.C2H6/c1-5-6(2)7(3)8-4;1-2/h6-7H,5H2,1-4H3;1-2H3. The zero-order chi connectivity index (χ0) is 8.57. The molecule has 0 fully saturated rings. The van der Waals surface area contributed by atoms with Crippen molar-refractivity contribution < 1.29 is 0 Å². The summed E-state index contributed by atoms with van der Waals surface area (Å²) in [7, 11) is 0. The van der Waals surface area contributed by atoms with E-state index in [9.17, 15) is 0 Å². The smallest absolute Gasteiger partial charge is 0.00414 e. The maximum absolute atomic E-state index is 2.31. The van der Waals surface area contributed by atoms with Gasteiger partial charge in [0.05, 0.1) is 0 Å². The van der Waals surface area contributed by atoms with Crippen molar-refractivity contribution in [2.24, 2.45) is 5.92 Å². The third-order valence-electron chi connectivity index (χ3n) is 1.82. The highest BCUT2D eigenvalue weighted by Gasteiger charge is 2.06. The molecule has 2 unspecified atom stereocenters. The monoisotopic (exact) mass is 162 g/mol. The van der Waals surface area contributed by atoms with Gasteiger partial charge in [-0.05, 0) is 12.2 Å². The van der Waals surface area contributed by atoms with Crippen LogP contribution < -0.4 is 0 Å². The molecule has 0 aromatic rings. The average Bonchev–Trinajstić information content (AvgIpc) is 2.05. The molecule has 0 radical (unpaired) electrons. The summed E-state index contributed by atoms with van der Waals surface area (Å²) in [5.41, 5.74) is 0. The van der Waals surface area contributed by atoms with E-state index in [0.29, 0.717) is 0 Å². The van der Waals surface area contributed by atoms with Gasteiger partial charge in [-0.25, -0.2) is 0 Å². The molecule has 0 spiro atoms. The third-order valence-corrected chi connectivity index (χ3v) is 3.03. The van der Waals surface area contributed by atoms with Crippen LogP contribution in [-0.2, 0) is 0 Å². The van der Waals surface area contributed by atoms with Gasteiger partial charge in [0.2, 0.25) is 0 Å². The van der Waals surface area contributed by atoms with Crippen LogP contribution in [-0.4, -0.2) is 11.5 Å². The number of hydrogen-bond acceptors (Lipinski definition) is 1. The van der Waals surface area contributed by atoms with Gasteiger partial charge < -0.3 is 0 Å². The first-order valence-electron chi connectivity index (χ1n) is 4.25. The molecule has 0 rings (SSSR count). The molecule has 0 amide bonds. The second-order valence-electron chi connectivity index (χ2n) is 2.33. The first-order valence-corrected chi connectivity index (χ1v) is 5.54. The highest BCUT2D eigenvalue weighted by molar-refractivity contribution is 7.99. The van der Waals surface area contributed by atoms with Crippen LogP contribution >= 0.6 is 11.8 Å². The van der Waals surface area contributed by atoms with Crippen LogP contribution in [0.15, 0.2) is 0 Å². The predicted molar refractivity (Wildman–Crippen MR) is 53.8 cm³/mol. The zero-order valence-corrected chi connectivity index (χ0v) is 9.09. The van der Waals surface area contributed by atoms with Crippen molar-refractivity contribution in [1.29, 1.82) is 0 Å². The molecule has 2 atom stereocenters. The molecular formula is C9H22S. The van der Waals surface area contributed by atoms with Crippen molar-refractivity contribution in [2.45, 2.75) is 46.3 Å². The van der Waals surface area contributed by atoms with E-state index >= 15 is 0 Å². The Labute approximate surface area is 70.8 Å². The lowest BCUT2D eigenvalue weighted by atomic mass is 10.1. The summed E-state index contributed by atoms with van der Waals surface area (Å²) in [4.78, 5) is 0. The van der Waals surface area contributed by atoms with Crippen molar-refractivity contribution in [1.82, 2.24) is 0 Å². The summed E-state index contributed by atoms with van der Waals surface area (Å²) in [6.07, 6.45) is 3.48. The normalized spacial score (nSPS) is 15.0. The van der Waals surface area contributed by atoms with E-state index in [0.717, 1.165) is 11.2 Å². The lowest BCUT2D eigenvalue weighted by Gasteiger charge is -2.14. The second kappa shape index (κ2) is 9.35. The quantitative estimate of drug-likeness (QED) is 0.608. The SMILES string of the molecule is CC.CCC(C)C(C)SC. The van der Waals surface area contributed by atoms with Gasteiger partial charge in [0.25, 0.3) is 0 Å². The lowest BCUT2D eigenvalue weighted by molar-refractivity contribution is 0.558. The lowest BCUT2D eigenvalue weighted by Crippen LogP contribution is -2.07. The molecule has 0 aliphatic carbocycles. The minimum atomic E-state index is 0.833. The first-order chi connectivity index (χ1) is 4.72. The van der Waals surface area contributed by atoms with Gasteiger partial charge in [-0.3, -0.25) is 0 Å². The Morgan fingerprint density at radius 3 is 1.70 bits per heavy atom. The molecule has 0 aliphatic rings. The van der Waals surface area contributed by atoms with Crippen LogP contribution in [0.5, 0.6) is 0 Å². The van der Waals surface area contributed by atoms with E-state index in [4.69, 9.17) is 0 Å². The third kappa shape index (κ3) is 6.47. The maximum atomic E-state index is 2.31. The minimum Gasteiger partial charge on any atom is -0.162 e. The Hall–Kier alpha value is 0.350. The van der Waals surface area contributed by atoms with Crippen molar-refractivity contribution in [2.75, 3.05) is 6.26 Å². The van der Waals surface area contributed by atoms with Gasteiger partial charge in [-0.2, -0.15) is 11.8 Å². The summed E-state index contributed by atoms with van der Waals surface area (Å²) < 4.78 is 0. The maximum Gasteiger partial charge on any atom is 0.00414 e. The average molecular weight is 162 g/mol. The minimum absolute atomic E-state index is 0.833. The van der Waals surface area contributed by atoms with Crippen molar-refractivity contribution in [3.63, 3.8) is 0 Å². The molecule has 0 heterocycles. The van der Waals surface area contributed by atoms with Gasteiger partial charge in [0.1, 0.15) is 0 Å². The van der Waals surface area contributed by atoms with Crippen LogP contribution in [0, 0.1) is 5.92 Å². The summed E-state index contributed by atoms with van der Waals surface area (Å²) >= 11 is 1.96. The first kappa shape index (κ1) is 13.0. The number of rotatable bonds is 3. The van der Waals surface area contributed by atoms with Crippen LogP contribution in [0.2, 0.25) is 0 Å². The van der Waals surface area contributed by atoms with E-state index in [1.54, 1.807) is 0 Å². The molecule has 0 N–H and O–H groups in total. The molecule has 0 aromatic carbocycles. The Morgan fingerprint density at radius 2 is 1.60 bits per heavy atom. The zero-order valence-electron chi connectivity index (χ0n) is 8.27. The summed E-state index contributed by atoms with van der Waals surface area (Å²) in [6, 6.07) is 0. The summed E-state index contributed by atoms with van der Waals surface area (Å²) in [5.74, 6) is 0.880. The number of hydrogen-bond donors (Lipinski definition) is 0. The Bertz CT molecular complexity index is 44.7. The van der Waals surface area contributed by atoms with E-state index in [2.05, 4.69) is 27.0 Å². The number of thioether (sulfide) groups is 1. The van der Waals surface area contributed by atoms with Crippen LogP contribution in [0.3, 0.4) is 0 Å². The van der Waals surface area contributed by atoms with Crippen LogP contribution in [0.4, 0.5) is 0 Å². The summed E-state index contributed by atoms with van der Waals surface area (Å²) in [6.45, 7) is 10.8. The van der Waals surface area contributed by atoms with E-state index in [1.165, 1.54) is 6.42 Å². The fourth-order valence-corrected chi connectivity index (χ4v) is 1.22. The molecule has 1 heteroatoms. The molecule has 0 saturated heterocycles. The molecule has 64 valence electrons. The van der Waals surface area contributed by atoms with Crippen molar-refractivity contribution in [3.8, 4) is 0 Å². The molecule has 0 aliphatic heterocycles. The fraction of sp³-hybridized carbons (Fsp3) is 1.00. The molecule has 0 saturated carbocycles. The van der Waals surface area contributed by atoms with E-state index in [1.807, 2.05) is 25.6 Å².